The summed E-state index contributed by atoms with van der Waals surface area (Å²) in [6.45, 7) is 15.1. The van der Waals surface area contributed by atoms with E-state index in [2.05, 4.69) is 42.8 Å². The molecule has 11 nitrogen and oxygen atoms in total. The van der Waals surface area contributed by atoms with Gasteiger partial charge in [-0.2, -0.15) is 8.42 Å². The van der Waals surface area contributed by atoms with Crippen LogP contribution in [0.2, 0.25) is 0 Å². The highest BCUT2D eigenvalue weighted by atomic mass is 32.2. The van der Waals surface area contributed by atoms with E-state index in [0.29, 0.717) is 37.5 Å². The minimum Gasteiger partial charge on any atom is -0.390 e. The fourth-order valence-corrected chi connectivity index (χ4v) is 6.24. The van der Waals surface area contributed by atoms with Gasteiger partial charge in [0.1, 0.15) is 5.82 Å². The van der Waals surface area contributed by atoms with Crippen molar-refractivity contribution in [2.45, 2.75) is 57.7 Å². The van der Waals surface area contributed by atoms with Gasteiger partial charge >= 0.3 is 0 Å². The first kappa shape index (κ1) is 34.4. The average molecular weight is 636 g/mol. The summed E-state index contributed by atoms with van der Waals surface area (Å²) in [4.78, 5) is 25.6. The van der Waals surface area contributed by atoms with Crippen molar-refractivity contribution in [3.63, 3.8) is 0 Å². The maximum absolute atomic E-state index is 14.0. The number of amides is 1. The van der Waals surface area contributed by atoms with E-state index in [9.17, 15) is 22.7 Å². The zero-order valence-electron chi connectivity index (χ0n) is 26.3. The lowest BCUT2D eigenvalue weighted by Gasteiger charge is -2.49. The van der Waals surface area contributed by atoms with Gasteiger partial charge in [-0.25, -0.2) is 4.39 Å². The Kier molecular flexibility index (Phi) is 10.8. The van der Waals surface area contributed by atoms with Gasteiger partial charge in [0.05, 0.1) is 49.7 Å². The average Bonchev–Trinajstić information content (AvgIpc) is 3.21. The molecule has 44 heavy (non-hydrogen) atoms. The molecule has 0 aliphatic carbocycles. The molecule has 13 heteroatoms. The van der Waals surface area contributed by atoms with Crippen LogP contribution in [0.5, 0.6) is 0 Å². The topological polar surface area (TPSA) is 136 Å². The molecule has 2 aromatic rings. The number of nitrogens with one attached hydrogen (secondary N) is 1. The maximum Gasteiger partial charge on any atom is 0.261 e. The van der Waals surface area contributed by atoms with Crippen LogP contribution in [0.4, 0.5) is 10.1 Å². The molecule has 1 aromatic carbocycles. The molecule has 3 aliphatic heterocycles. The number of hydrogen-bond donors (Lipinski definition) is 3. The first-order valence-electron chi connectivity index (χ1n) is 15.0. The summed E-state index contributed by atoms with van der Waals surface area (Å²) in [5, 5.41) is 13.7. The maximum atomic E-state index is 14.0. The molecule has 244 valence electrons. The van der Waals surface area contributed by atoms with E-state index in [4.69, 9.17) is 14.3 Å². The number of fused-ring (bicyclic) bond motifs is 1. The summed E-state index contributed by atoms with van der Waals surface area (Å²) < 4.78 is 45.0. The molecule has 3 aliphatic rings. The molecule has 2 fully saturated rings. The molecule has 2 saturated heterocycles. The summed E-state index contributed by atoms with van der Waals surface area (Å²) in [6, 6.07) is 8.74. The Morgan fingerprint density at radius 3 is 2.52 bits per heavy atom. The minimum absolute atomic E-state index is 0.0660. The standard InChI is InChI=1S/C30H42FN5O3.CH4O3S/c1-21-17-39-12-11-34(21)20-30(4)18-32-9-10-35(30)15-27(38)36-19-29(2,3)28-26(36)14-23(25(16-37)33-28)13-22-5-7-24(31)8-6-22;1-5(2,3)4/h5-8,14,21,32,37H,9-13,15-20H2,1-4H3;1H3,(H,2,3,4)/t21-,30-;/m1./s1. The van der Waals surface area contributed by atoms with E-state index in [-0.39, 0.29) is 29.3 Å². The number of aliphatic hydroxyl groups excluding tert-OH is 1. The van der Waals surface area contributed by atoms with Gasteiger partial charge in [-0.3, -0.25) is 24.1 Å². The summed E-state index contributed by atoms with van der Waals surface area (Å²) in [7, 11) is -3.67. The van der Waals surface area contributed by atoms with E-state index in [1.807, 2.05) is 11.0 Å². The molecule has 1 aromatic heterocycles. The van der Waals surface area contributed by atoms with Gasteiger partial charge in [0, 0.05) is 56.3 Å². The molecule has 0 spiro atoms. The first-order chi connectivity index (χ1) is 20.6. The molecule has 1 amide bonds. The Balaban J connectivity index is 0.000000818. The lowest BCUT2D eigenvalue weighted by atomic mass is 9.90. The number of carbonyl (C=O) groups excluding carboxylic acids is 1. The Labute approximate surface area is 260 Å². The molecule has 0 bridgehead atoms. The number of halogens is 1. The lowest BCUT2D eigenvalue weighted by Crippen LogP contribution is -2.66. The van der Waals surface area contributed by atoms with Crippen LogP contribution in [0.1, 0.15) is 50.2 Å². The monoisotopic (exact) mass is 635 g/mol. The third kappa shape index (κ3) is 8.59. The number of anilines is 1. The summed E-state index contributed by atoms with van der Waals surface area (Å²) in [6.07, 6.45) is 1.22. The summed E-state index contributed by atoms with van der Waals surface area (Å²) >= 11 is 0. The molecular weight excluding hydrogens is 589 g/mol. The molecule has 4 heterocycles. The van der Waals surface area contributed by atoms with Gasteiger partial charge in [0.25, 0.3) is 10.1 Å². The van der Waals surface area contributed by atoms with Crippen molar-refractivity contribution in [1.29, 1.82) is 0 Å². The van der Waals surface area contributed by atoms with Crippen molar-refractivity contribution < 1.29 is 32.0 Å². The van der Waals surface area contributed by atoms with Gasteiger partial charge in [-0.15, -0.1) is 0 Å². The molecular formula is C31H46FN5O6S. The second kappa shape index (κ2) is 13.9. The second-order valence-corrected chi connectivity index (χ2v) is 14.5. The zero-order valence-corrected chi connectivity index (χ0v) is 27.2. The molecule has 2 atom stereocenters. The number of aromatic nitrogens is 1. The van der Waals surface area contributed by atoms with Crippen molar-refractivity contribution in [2.24, 2.45) is 0 Å². The Bertz CT molecular complexity index is 1420. The van der Waals surface area contributed by atoms with E-state index < -0.39 is 10.1 Å². The number of nitrogens with zero attached hydrogens (tertiary/aromatic N) is 4. The SMILES string of the molecule is CS(=O)(=O)O.C[C@@H]1COCCN1C[C@@]1(C)CNCCN1CC(=O)N1CC(C)(C)c2nc(CO)c(Cc3ccc(F)cc3)cc21. The van der Waals surface area contributed by atoms with Gasteiger partial charge in [0.2, 0.25) is 5.91 Å². The van der Waals surface area contributed by atoms with Crippen LogP contribution in [0.3, 0.4) is 0 Å². The first-order valence-corrected chi connectivity index (χ1v) is 16.8. The zero-order chi connectivity index (χ0) is 32.3. The summed E-state index contributed by atoms with van der Waals surface area (Å²) in [5.74, 6) is -0.217. The van der Waals surface area contributed by atoms with Crippen molar-refractivity contribution in [3.8, 4) is 0 Å². The van der Waals surface area contributed by atoms with Crippen molar-refractivity contribution in [2.75, 3.05) is 70.2 Å². The molecule has 0 unspecified atom stereocenters. The van der Waals surface area contributed by atoms with E-state index >= 15 is 0 Å². The second-order valence-electron chi connectivity index (χ2n) is 13.0. The van der Waals surface area contributed by atoms with Crippen LogP contribution in [0, 0.1) is 5.82 Å². The van der Waals surface area contributed by atoms with Crippen molar-refractivity contribution >= 4 is 21.7 Å². The lowest BCUT2D eigenvalue weighted by molar-refractivity contribution is -0.122. The third-order valence-electron chi connectivity index (χ3n) is 8.62. The Morgan fingerprint density at radius 2 is 1.89 bits per heavy atom. The Morgan fingerprint density at radius 1 is 1.20 bits per heavy atom. The van der Waals surface area contributed by atoms with Crippen LogP contribution in [0.15, 0.2) is 30.3 Å². The van der Waals surface area contributed by atoms with Gasteiger partial charge in [-0.1, -0.05) is 26.0 Å². The molecule has 0 saturated carbocycles. The van der Waals surface area contributed by atoms with Gasteiger partial charge in [-0.05, 0) is 49.6 Å². The number of piperazine rings is 1. The molecule has 5 rings (SSSR count). The van der Waals surface area contributed by atoms with Gasteiger partial charge in [0.15, 0.2) is 0 Å². The van der Waals surface area contributed by atoms with Crippen LogP contribution in [-0.4, -0.2) is 116 Å². The number of rotatable bonds is 7. The minimum atomic E-state index is -3.67. The predicted molar refractivity (Wildman–Crippen MR) is 167 cm³/mol. The number of ether oxygens (including phenoxy) is 1. The highest BCUT2D eigenvalue weighted by Gasteiger charge is 2.43. The summed E-state index contributed by atoms with van der Waals surface area (Å²) in [5.41, 5.74) is 3.54. The highest BCUT2D eigenvalue weighted by molar-refractivity contribution is 7.85. The fraction of sp³-hybridized carbons (Fsp3) is 0.613. The third-order valence-corrected chi connectivity index (χ3v) is 8.62. The van der Waals surface area contributed by atoms with E-state index in [1.165, 1.54) is 12.1 Å². The molecule has 3 N–H and O–H groups in total. The number of benzene rings is 1. The number of carbonyl (C=O) groups is 1. The van der Waals surface area contributed by atoms with Crippen molar-refractivity contribution in [1.82, 2.24) is 20.1 Å². The van der Waals surface area contributed by atoms with E-state index in [0.717, 1.165) is 68.4 Å². The van der Waals surface area contributed by atoms with Crippen LogP contribution >= 0.6 is 0 Å². The predicted octanol–water partition coefficient (Wildman–Crippen LogP) is 1.82. The number of aliphatic hydroxyl groups is 1. The normalized spacial score (nSPS) is 24.0. The number of pyridine rings is 1. The number of hydrogen-bond acceptors (Lipinski definition) is 9. The molecule has 0 radical (unpaired) electrons. The highest BCUT2D eigenvalue weighted by Crippen LogP contribution is 2.41. The van der Waals surface area contributed by atoms with Crippen LogP contribution in [-0.2, 0) is 38.1 Å². The van der Waals surface area contributed by atoms with Gasteiger partial charge < -0.3 is 20.1 Å². The van der Waals surface area contributed by atoms with Crippen LogP contribution in [0.25, 0.3) is 0 Å². The quantitative estimate of drug-likeness (QED) is 0.387. The fourth-order valence-electron chi connectivity index (χ4n) is 6.24. The van der Waals surface area contributed by atoms with Crippen molar-refractivity contribution in [3.05, 3.63) is 58.7 Å². The largest absolute Gasteiger partial charge is 0.390 e. The van der Waals surface area contributed by atoms with Crippen LogP contribution < -0.4 is 10.2 Å². The van der Waals surface area contributed by atoms with E-state index in [1.54, 1.807) is 12.1 Å². The Hall–Kier alpha value is -2.52. The smallest absolute Gasteiger partial charge is 0.261 e. The number of morpholine rings is 1.